The third-order valence-corrected chi connectivity index (χ3v) is 5.26. The molecule has 8 nitrogen and oxygen atoms in total. The van der Waals surface area contributed by atoms with Gasteiger partial charge in [-0.1, -0.05) is 17.7 Å². The van der Waals surface area contributed by atoms with Gasteiger partial charge in [-0.15, -0.1) is 0 Å². The fourth-order valence-electron chi connectivity index (χ4n) is 2.52. The van der Waals surface area contributed by atoms with Gasteiger partial charge in [0.05, 0.1) is 15.4 Å². The topological polar surface area (TPSA) is 105 Å². The van der Waals surface area contributed by atoms with E-state index in [0.29, 0.717) is 11.3 Å². The van der Waals surface area contributed by atoms with E-state index in [-0.39, 0.29) is 29.5 Å². The number of nitrogens with zero attached hydrogens (tertiary/aromatic N) is 1. The smallest absolute Gasteiger partial charge is 0.297 e. The lowest BCUT2D eigenvalue weighted by atomic mass is 10.1. The van der Waals surface area contributed by atoms with Crippen LogP contribution >= 0.6 is 0 Å². The second-order valence-corrected chi connectivity index (χ2v) is 7.51. The van der Waals surface area contributed by atoms with Crippen molar-refractivity contribution in [3.8, 4) is 11.5 Å². The van der Waals surface area contributed by atoms with Crippen LogP contribution in [0, 0.1) is 24.0 Å². The van der Waals surface area contributed by atoms with Crippen molar-refractivity contribution in [2.45, 2.75) is 24.8 Å². The second-order valence-electron chi connectivity index (χ2n) is 5.90. The molecule has 1 aliphatic rings. The Morgan fingerprint density at radius 1 is 1.19 bits per heavy atom. The first-order valence-electron chi connectivity index (χ1n) is 7.81. The van der Waals surface area contributed by atoms with Gasteiger partial charge in [0.2, 0.25) is 0 Å². The molecular formula is C17H17NO7S. The molecule has 0 saturated carbocycles. The van der Waals surface area contributed by atoms with E-state index in [2.05, 4.69) is 0 Å². The van der Waals surface area contributed by atoms with Gasteiger partial charge in [0.1, 0.15) is 13.2 Å². The van der Waals surface area contributed by atoms with Crippen LogP contribution in [0.3, 0.4) is 0 Å². The third kappa shape index (κ3) is 3.63. The molecule has 1 atom stereocenters. The monoisotopic (exact) mass is 379 g/mol. The maximum atomic E-state index is 12.2. The molecule has 0 aliphatic carbocycles. The number of fused-ring (bicyclic) bond motifs is 1. The van der Waals surface area contributed by atoms with Crippen LogP contribution in [0.25, 0.3) is 0 Å². The van der Waals surface area contributed by atoms with E-state index in [1.54, 1.807) is 19.1 Å². The van der Waals surface area contributed by atoms with E-state index < -0.39 is 21.1 Å². The molecule has 0 saturated heterocycles. The zero-order valence-corrected chi connectivity index (χ0v) is 15.0. The van der Waals surface area contributed by atoms with E-state index in [9.17, 15) is 18.5 Å². The van der Waals surface area contributed by atoms with Crippen molar-refractivity contribution in [3.05, 3.63) is 57.6 Å². The van der Waals surface area contributed by atoms with E-state index in [1.165, 1.54) is 24.3 Å². The fourth-order valence-corrected chi connectivity index (χ4v) is 3.45. The maximum Gasteiger partial charge on any atom is 0.297 e. The Labute approximate surface area is 150 Å². The SMILES string of the molecule is Cc1ccc(S(=O)(=O)OCC2COc3ccc([N+](=O)[O-])c(C)c3O2)cc1. The summed E-state index contributed by atoms with van der Waals surface area (Å²) in [6, 6.07) is 9.08. The zero-order chi connectivity index (χ0) is 18.9. The van der Waals surface area contributed by atoms with Crippen LogP contribution in [0.5, 0.6) is 11.5 Å². The quantitative estimate of drug-likeness (QED) is 0.447. The Kier molecular flexibility index (Phi) is 4.84. The fraction of sp³-hybridized carbons (Fsp3) is 0.294. The summed E-state index contributed by atoms with van der Waals surface area (Å²) in [5.74, 6) is 0.609. The van der Waals surface area contributed by atoms with E-state index in [4.69, 9.17) is 13.7 Å². The van der Waals surface area contributed by atoms with Gasteiger partial charge in [-0.25, -0.2) is 0 Å². The van der Waals surface area contributed by atoms with Gasteiger partial charge >= 0.3 is 0 Å². The van der Waals surface area contributed by atoms with Gasteiger partial charge in [0, 0.05) is 6.07 Å². The van der Waals surface area contributed by atoms with Crippen LogP contribution in [0.15, 0.2) is 41.3 Å². The number of nitro benzene ring substituents is 1. The first kappa shape index (κ1) is 18.2. The minimum absolute atomic E-state index is 0.0482. The molecule has 0 amide bonds. The van der Waals surface area contributed by atoms with Crippen LogP contribution in [0.1, 0.15) is 11.1 Å². The molecule has 1 heterocycles. The summed E-state index contributed by atoms with van der Waals surface area (Å²) in [6.45, 7) is 3.21. The highest BCUT2D eigenvalue weighted by Gasteiger charge is 2.28. The molecule has 0 fully saturated rings. The van der Waals surface area contributed by atoms with Crippen LogP contribution in [0.2, 0.25) is 0 Å². The highest BCUT2D eigenvalue weighted by atomic mass is 32.2. The summed E-state index contributed by atoms with van der Waals surface area (Å²) >= 11 is 0. The molecule has 0 aromatic heterocycles. The Morgan fingerprint density at radius 3 is 2.54 bits per heavy atom. The second kappa shape index (κ2) is 6.93. The molecule has 138 valence electrons. The molecular weight excluding hydrogens is 362 g/mol. The summed E-state index contributed by atoms with van der Waals surface area (Å²) < 4.78 is 40.7. The summed E-state index contributed by atoms with van der Waals surface area (Å²) in [6.07, 6.45) is -0.705. The number of nitro groups is 1. The Hall–Kier alpha value is -2.65. The molecule has 0 radical (unpaired) electrons. The number of ether oxygens (including phenoxy) is 2. The van der Waals surface area contributed by atoms with Crippen molar-refractivity contribution in [1.29, 1.82) is 0 Å². The van der Waals surface area contributed by atoms with Gasteiger partial charge in [-0.3, -0.25) is 14.3 Å². The summed E-state index contributed by atoms with van der Waals surface area (Å²) in [5, 5.41) is 11.0. The van der Waals surface area contributed by atoms with Gasteiger partial charge in [0.15, 0.2) is 17.6 Å². The first-order chi connectivity index (χ1) is 12.3. The molecule has 0 N–H and O–H groups in total. The molecule has 0 bridgehead atoms. The molecule has 26 heavy (non-hydrogen) atoms. The lowest BCUT2D eigenvalue weighted by Crippen LogP contribution is -2.34. The predicted molar refractivity (Wildman–Crippen MR) is 92.1 cm³/mol. The lowest BCUT2D eigenvalue weighted by molar-refractivity contribution is -0.385. The minimum atomic E-state index is -3.93. The van der Waals surface area contributed by atoms with Crippen molar-refractivity contribution >= 4 is 15.8 Å². The highest BCUT2D eigenvalue weighted by molar-refractivity contribution is 7.86. The molecule has 2 aromatic carbocycles. The molecule has 0 spiro atoms. The molecule has 1 unspecified atom stereocenters. The average Bonchev–Trinajstić information content (AvgIpc) is 2.60. The highest BCUT2D eigenvalue weighted by Crippen LogP contribution is 2.39. The summed E-state index contributed by atoms with van der Waals surface area (Å²) in [7, 11) is -3.93. The number of benzene rings is 2. The zero-order valence-electron chi connectivity index (χ0n) is 14.2. The van der Waals surface area contributed by atoms with E-state index in [1.807, 2.05) is 6.92 Å². The Balaban J connectivity index is 1.72. The molecule has 2 aromatic rings. The van der Waals surface area contributed by atoms with Crippen molar-refractivity contribution in [2.75, 3.05) is 13.2 Å². The molecule has 9 heteroatoms. The summed E-state index contributed by atoms with van der Waals surface area (Å²) in [4.78, 5) is 10.6. The molecule has 3 rings (SSSR count). The number of aryl methyl sites for hydroxylation is 1. The third-order valence-electron chi connectivity index (χ3n) is 3.97. The predicted octanol–water partition coefficient (Wildman–Crippen LogP) is 2.76. The van der Waals surface area contributed by atoms with Crippen LogP contribution in [0.4, 0.5) is 5.69 Å². The lowest BCUT2D eigenvalue weighted by Gasteiger charge is -2.27. The normalized spacial score (nSPS) is 16.3. The van der Waals surface area contributed by atoms with Gasteiger partial charge in [-0.2, -0.15) is 8.42 Å². The van der Waals surface area contributed by atoms with Crippen LogP contribution in [-0.2, 0) is 14.3 Å². The van der Waals surface area contributed by atoms with Crippen LogP contribution < -0.4 is 9.47 Å². The van der Waals surface area contributed by atoms with Crippen molar-refractivity contribution in [2.24, 2.45) is 0 Å². The maximum absolute atomic E-state index is 12.2. The number of hydrogen-bond acceptors (Lipinski definition) is 7. The number of hydrogen-bond donors (Lipinski definition) is 0. The molecule has 1 aliphatic heterocycles. The Morgan fingerprint density at radius 2 is 1.88 bits per heavy atom. The van der Waals surface area contributed by atoms with E-state index >= 15 is 0 Å². The van der Waals surface area contributed by atoms with Gasteiger partial charge < -0.3 is 9.47 Å². The largest absolute Gasteiger partial charge is 0.486 e. The standard InChI is InChI=1S/C17H17NO7S/c1-11-3-5-14(6-4-11)26(21,22)24-10-13-9-23-16-8-7-15(18(19)20)12(2)17(16)25-13/h3-8,13H,9-10H2,1-2H3. The van der Waals surface area contributed by atoms with Crippen molar-refractivity contribution < 1.29 is 27.0 Å². The summed E-state index contributed by atoms with van der Waals surface area (Å²) in [5.41, 5.74) is 1.15. The van der Waals surface area contributed by atoms with Gasteiger partial charge in [0.25, 0.3) is 15.8 Å². The van der Waals surface area contributed by atoms with E-state index in [0.717, 1.165) is 5.56 Å². The number of rotatable bonds is 5. The van der Waals surface area contributed by atoms with Crippen molar-refractivity contribution in [3.63, 3.8) is 0 Å². The van der Waals surface area contributed by atoms with Crippen molar-refractivity contribution in [1.82, 2.24) is 0 Å². The average molecular weight is 379 g/mol. The first-order valence-corrected chi connectivity index (χ1v) is 9.22. The Bertz CT molecular complexity index is 938. The van der Waals surface area contributed by atoms with Gasteiger partial charge in [-0.05, 0) is 32.0 Å². The van der Waals surface area contributed by atoms with Crippen LogP contribution in [-0.4, -0.2) is 32.7 Å². The minimum Gasteiger partial charge on any atom is -0.486 e.